The molecule has 4 nitrogen and oxygen atoms in total. The Balaban J connectivity index is 2.42. The molecule has 0 radical (unpaired) electrons. The molecule has 1 unspecified atom stereocenters. The van der Waals surface area contributed by atoms with Gasteiger partial charge in [0.2, 0.25) is 0 Å². The van der Waals surface area contributed by atoms with Crippen LogP contribution in [0.25, 0.3) is 0 Å². The third-order valence-electron chi connectivity index (χ3n) is 2.95. The molecule has 0 spiro atoms. The monoisotopic (exact) mass is 264 g/mol. The molecule has 0 saturated carbocycles. The van der Waals surface area contributed by atoms with E-state index in [0.29, 0.717) is 18.7 Å². The molecule has 106 valence electrons. The molecule has 0 aliphatic heterocycles. The van der Waals surface area contributed by atoms with Crippen LogP contribution in [0.2, 0.25) is 0 Å². The van der Waals surface area contributed by atoms with Crippen LogP contribution in [-0.2, 0) is 11.2 Å². The molecule has 0 bridgehead atoms. The fraction of sp³-hybridized carbons (Fsp3) is 0.533. The van der Waals surface area contributed by atoms with Crippen LogP contribution >= 0.6 is 0 Å². The summed E-state index contributed by atoms with van der Waals surface area (Å²) in [7, 11) is 0. The lowest BCUT2D eigenvalue weighted by molar-refractivity contribution is -0.136. The zero-order valence-corrected chi connectivity index (χ0v) is 11.6. The van der Waals surface area contributed by atoms with Gasteiger partial charge in [-0.05, 0) is 43.5 Å². The quantitative estimate of drug-likeness (QED) is 0.427. The molecule has 0 heterocycles. The van der Waals surface area contributed by atoms with Gasteiger partial charge in [0.05, 0.1) is 0 Å². The number of hydrogen-bond acceptors (Lipinski definition) is 4. The Morgan fingerprint density at radius 1 is 1.26 bits per heavy atom. The number of esters is 1. The fourth-order valence-electron chi connectivity index (χ4n) is 1.83. The van der Waals surface area contributed by atoms with Crippen molar-refractivity contribution >= 4 is 5.97 Å². The number of hydrogen-bond donors (Lipinski definition) is 2. The van der Waals surface area contributed by atoms with Crippen molar-refractivity contribution < 1.29 is 9.53 Å². The molecule has 1 aromatic carbocycles. The smallest absolute Gasteiger partial charge is 0.328 e. The predicted molar refractivity (Wildman–Crippen MR) is 77.0 cm³/mol. The molecule has 1 atom stereocenters. The molecule has 0 aromatic heterocycles. The first-order valence-corrected chi connectivity index (χ1v) is 6.93. The lowest BCUT2D eigenvalue weighted by Crippen LogP contribution is -2.34. The zero-order valence-electron chi connectivity index (χ0n) is 11.6. The van der Waals surface area contributed by atoms with Crippen molar-refractivity contribution in [2.24, 2.45) is 11.5 Å². The summed E-state index contributed by atoms with van der Waals surface area (Å²) in [5.41, 5.74) is 12.4. The summed E-state index contributed by atoms with van der Waals surface area (Å²) in [5, 5.41) is 0. The number of ether oxygens (including phenoxy) is 1. The van der Waals surface area contributed by atoms with Crippen molar-refractivity contribution in [2.45, 2.75) is 45.1 Å². The summed E-state index contributed by atoms with van der Waals surface area (Å²) in [6.45, 7) is 2.76. The topological polar surface area (TPSA) is 78.3 Å². The van der Waals surface area contributed by atoms with Gasteiger partial charge in [-0.25, -0.2) is 4.79 Å². The van der Waals surface area contributed by atoms with E-state index in [9.17, 15) is 4.79 Å². The van der Waals surface area contributed by atoms with Crippen molar-refractivity contribution in [3.63, 3.8) is 0 Å². The first kappa shape index (κ1) is 15.7. The average molecular weight is 264 g/mol. The number of unbranched alkanes of at least 4 members (excludes halogenated alkanes) is 1. The second-order valence-electron chi connectivity index (χ2n) is 4.71. The second kappa shape index (κ2) is 8.67. The van der Waals surface area contributed by atoms with Gasteiger partial charge >= 0.3 is 5.97 Å². The van der Waals surface area contributed by atoms with Crippen LogP contribution in [0, 0.1) is 0 Å². The maximum absolute atomic E-state index is 11.7. The van der Waals surface area contributed by atoms with Gasteiger partial charge in [0.1, 0.15) is 11.8 Å². The molecule has 19 heavy (non-hydrogen) atoms. The normalized spacial score (nSPS) is 12.2. The lowest BCUT2D eigenvalue weighted by Gasteiger charge is -2.11. The number of benzene rings is 1. The Morgan fingerprint density at radius 2 is 1.95 bits per heavy atom. The maximum atomic E-state index is 11.7. The summed E-state index contributed by atoms with van der Waals surface area (Å²) in [4.78, 5) is 11.7. The van der Waals surface area contributed by atoms with Gasteiger partial charge in [0, 0.05) is 0 Å². The van der Waals surface area contributed by atoms with Crippen LogP contribution in [0.5, 0.6) is 5.75 Å². The third-order valence-corrected chi connectivity index (χ3v) is 2.95. The molecular weight excluding hydrogens is 240 g/mol. The summed E-state index contributed by atoms with van der Waals surface area (Å²) >= 11 is 0. The minimum Gasteiger partial charge on any atom is -0.425 e. The highest BCUT2D eigenvalue weighted by Crippen LogP contribution is 2.14. The second-order valence-corrected chi connectivity index (χ2v) is 4.71. The molecule has 0 aliphatic carbocycles. The molecule has 0 fully saturated rings. The van der Waals surface area contributed by atoms with Crippen molar-refractivity contribution in [1.29, 1.82) is 0 Å². The summed E-state index contributed by atoms with van der Waals surface area (Å²) in [6, 6.07) is 7.02. The lowest BCUT2D eigenvalue weighted by atomic mass is 10.1. The van der Waals surface area contributed by atoms with Gasteiger partial charge in [-0.2, -0.15) is 0 Å². The van der Waals surface area contributed by atoms with Gasteiger partial charge in [-0.1, -0.05) is 31.9 Å². The minimum absolute atomic E-state index is 0.375. The Kier molecular flexibility index (Phi) is 7.15. The highest BCUT2D eigenvalue weighted by atomic mass is 16.5. The van der Waals surface area contributed by atoms with Gasteiger partial charge in [-0.15, -0.1) is 0 Å². The number of carbonyl (C=O) groups is 1. The Labute approximate surface area is 115 Å². The molecular formula is C15H24N2O2. The minimum atomic E-state index is -0.568. The van der Waals surface area contributed by atoms with Gasteiger partial charge in [0.25, 0.3) is 0 Å². The van der Waals surface area contributed by atoms with Crippen LogP contribution in [-0.4, -0.2) is 18.6 Å². The van der Waals surface area contributed by atoms with E-state index in [0.717, 1.165) is 25.7 Å². The van der Waals surface area contributed by atoms with Gasteiger partial charge in [-0.3, -0.25) is 0 Å². The van der Waals surface area contributed by atoms with Crippen LogP contribution < -0.4 is 16.2 Å². The molecule has 0 saturated heterocycles. The molecule has 4 N–H and O–H groups in total. The number of aryl methyl sites for hydroxylation is 1. The average Bonchev–Trinajstić information content (AvgIpc) is 2.41. The van der Waals surface area contributed by atoms with Crippen LogP contribution in [0.4, 0.5) is 0 Å². The molecule has 1 aromatic rings. The number of carbonyl (C=O) groups excluding carboxylic acids is 1. The van der Waals surface area contributed by atoms with Crippen LogP contribution in [0.1, 0.15) is 38.2 Å². The van der Waals surface area contributed by atoms with Crippen LogP contribution in [0.3, 0.4) is 0 Å². The summed E-state index contributed by atoms with van der Waals surface area (Å²) in [6.07, 6.45) is 4.48. The third kappa shape index (κ3) is 5.85. The molecule has 0 aliphatic rings. The van der Waals surface area contributed by atoms with E-state index in [2.05, 4.69) is 6.92 Å². The highest BCUT2D eigenvalue weighted by Gasteiger charge is 2.15. The van der Waals surface area contributed by atoms with E-state index in [-0.39, 0.29) is 5.97 Å². The maximum Gasteiger partial charge on any atom is 0.328 e. The largest absolute Gasteiger partial charge is 0.425 e. The van der Waals surface area contributed by atoms with Crippen molar-refractivity contribution in [2.75, 3.05) is 6.54 Å². The Hall–Kier alpha value is -1.39. The number of nitrogens with two attached hydrogens (primary N) is 2. The SMILES string of the molecule is CCCc1ccc(OC(=O)C(N)CCCCN)cc1. The highest BCUT2D eigenvalue weighted by molar-refractivity contribution is 5.77. The van der Waals surface area contributed by atoms with E-state index in [1.165, 1.54) is 5.56 Å². The first-order chi connectivity index (χ1) is 9.17. The van der Waals surface area contributed by atoms with Crippen molar-refractivity contribution in [3.05, 3.63) is 29.8 Å². The van der Waals surface area contributed by atoms with E-state index >= 15 is 0 Å². The van der Waals surface area contributed by atoms with Crippen LogP contribution in [0.15, 0.2) is 24.3 Å². The van der Waals surface area contributed by atoms with E-state index in [1.807, 2.05) is 24.3 Å². The van der Waals surface area contributed by atoms with Gasteiger partial charge in [0.15, 0.2) is 0 Å². The summed E-state index contributed by atoms with van der Waals surface area (Å²) in [5.74, 6) is 0.180. The zero-order chi connectivity index (χ0) is 14.1. The van der Waals surface area contributed by atoms with E-state index in [4.69, 9.17) is 16.2 Å². The Bertz CT molecular complexity index is 376. The standard InChI is InChI=1S/C15H24N2O2/c1-2-5-12-7-9-13(10-8-12)19-15(18)14(17)6-3-4-11-16/h7-10,14H,2-6,11,16-17H2,1H3. The fourth-order valence-corrected chi connectivity index (χ4v) is 1.83. The molecule has 4 heteroatoms. The van der Waals surface area contributed by atoms with E-state index < -0.39 is 6.04 Å². The number of rotatable bonds is 8. The predicted octanol–water partition coefficient (Wildman–Crippen LogP) is 2.00. The molecule has 0 amide bonds. The molecule has 1 rings (SSSR count). The van der Waals surface area contributed by atoms with Crippen molar-refractivity contribution in [1.82, 2.24) is 0 Å². The van der Waals surface area contributed by atoms with Crippen molar-refractivity contribution in [3.8, 4) is 5.75 Å². The summed E-state index contributed by atoms with van der Waals surface area (Å²) < 4.78 is 5.24. The first-order valence-electron chi connectivity index (χ1n) is 6.93. The Morgan fingerprint density at radius 3 is 2.53 bits per heavy atom. The van der Waals surface area contributed by atoms with E-state index in [1.54, 1.807) is 0 Å². The van der Waals surface area contributed by atoms with Gasteiger partial charge < -0.3 is 16.2 Å².